The third kappa shape index (κ3) is 10.4. The van der Waals surface area contributed by atoms with Crippen molar-refractivity contribution in [1.29, 1.82) is 0 Å². The molecule has 4 fully saturated rings. The van der Waals surface area contributed by atoms with Gasteiger partial charge < -0.3 is 21.3 Å². The van der Waals surface area contributed by atoms with Crippen LogP contribution in [-0.4, -0.2) is 58.9 Å². The van der Waals surface area contributed by atoms with E-state index in [1.165, 1.54) is 29.6 Å². The van der Waals surface area contributed by atoms with Crippen molar-refractivity contribution in [2.24, 2.45) is 34.4 Å². The van der Waals surface area contributed by atoms with Crippen molar-refractivity contribution in [1.82, 2.24) is 14.8 Å². The number of carbonyl (C=O) groups is 1. The monoisotopic (exact) mass is 695 g/mol. The first-order chi connectivity index (χ1) is 24.1. The van der Waals surface area contributed by atoms with Gasteiger partial charge in [0.25, 0.3) is 0 Å². The number of guanidine groups is 1. The predicted molar refractivity (Wildman–Crippen MR) is 216 cm³/mol. The Morgan fingerprint density at radius 2 is 1.67 bits per heavy atom. The van der Waals surface area contributed by atoms with Crippen LogP contribution in [0.5, 0.6) is 0 Å². The first kappa shape index (κ1) is 39.9. The summed E-state index contributed by atoms with van der Waals surface area (Å²) >= 11 is 0. The molecular weight excluding hydrogens is 629 g/mol. The zero-order chi connectivity index (χ0) is 37.5. The molecule has 7 nitrogen and oxygen atoms in total. The smallest absolute Gasteiger partial charge is 0.232 e. The lowest BCUT2D eigenvalue weighted by Gasteiger charge is -2.48. The van der Waals surface area contributed by atoms with Gasteiger partial charge in [0.2, 0.25) is 5.91 Å². The summed E-state index contributed by atoms with van der Waals surface area (Å²) < 4.78 is 0. The fourth-order valence-corrected chi connectivity index (χ4v) is 7.60. The van der Waals surface area contributed by atoms with E-state index < -0.39 is 5.41 Å². The Hall–Kier alpha value is -3.87. The highest BCUT2D eigenvalue weighted by atomic mass is 16.2. The molecule has 1 aliphatic carbocycles. The Morgan fingerprint density at radius 3 is 2.24 bits per heavy atom. The van der Waals surface area contributed by atoms with Crippen molar-refractivity contribution in [2.75, 3.05) is 31.9 Å². The molecule has 2 bridgehead atoms. The Balaban J connectivity index is 0.000000894. The number of aliphatic imine (C=N–C) groups is 1. The number of nitrogens with two attached hydrogens (primary N) is 2. The molecule has 4 N–H and O–H groups in total. The number of nitrogens with zero attached hydrogens (tertiary/aromatic N) is 4. The van der Waals surface area contributed by atoms with E-state index in [0.29, 0.717) is 47.9 Å². The summed E-state index contributed by atoms with van der Waals surface area (Å²) in [5, 5.41) is 0. The summed E-state index contributed by atoms with van der Waals surface area (Å²) in [6.07, 6.45) is 14.1. The number of hydrogen-bond acceptors (Lipinski definition) is 4. The summed E-state index contributed by atoms with van der Waals surface area (Å²) in [6, 6.07) is 10.8. The topological polar surface area (TPSA) is 101 Å². The van der Waals surface area contributed by atoms with Crippen LogP contribution in [0.3, 0.4) is 0 Å². The van der Waals surface area contributed by atoms with Gasteiger partial charge >= 0.3 is 0 Å². The van der Waals surface area contributed by atoms with Crippen molar-refractivity contribution in [3.8, 4) is 0 Å². The summed E-state index contributed by atoms with van der Waals surface area (Å²) in [4.78, 5) is 27.5. The molecule has 1 aromatic carbocycles. The molecule has 51 heavy (non-hydrogen) atoms. The van der Waals surface area contributed by atoms with E-state index in [0.717, 1.165) is 55.6 Å². The quantitative estimate of drug-likeness (QED) is 0.0850. The van der Waals surface area contributed by atoms with Gasteiger partial charge in [0.05, 0.1) is 5.41 Å². The second-order valence-electron chi connectivity index (χ2n) is 16.6. The van der Waals surface area contributed by atoms with Gasteiger partial charge in [-0.1, -0.05) is 70.6 Å². The zero-order valence-corrected chi connectivity index (χ0v) is 33.1. The van der Waals surface area contributed by atoms with Crippen molar-refractivity contribution in [2.45, 2.75) is 112 Å². The van der Waals surface area contributed by atoms with Gasteiger partial charge in [-0.3, -0.25) is 14.8 Å². The molecule has 2 atom stereocenters. The maximum atomic E-state index is 14.1. The first-order valence-electron chi connectivity index (χ1n) is 19.3. The molecule has 0 radical (unpaired) electrons. The highest BCUT2D eigenvalue weighted by Crippen LogP contribution is 2.40. The molecule has 2 unspecified atom stereocenters. The number of carbonyl (C=O) groups excluding carboxylic acids is 1. The van der Waals surface area contributed by atoms with E-state index in [-0.39, 0.29) is 11.8 Å². The summed E-state index contributed by atoms with van der Waals surface area (Å²) in [6.45, 7) is 26.2. The Labute approximate surface area is 309 Å². The minimum atomic E-state index is -0.652. The summed E-state index contributed by atoms with van der Waals surface area (Å²) in [5.41, 5.74) is 20.2. The average molecular weight is 695 g/mol. The third-order valence-corrected chi connectivity index (χ3v) is 11.3. The number of anilines is 1. The van der Waals surface area contributed by atoms with Gasteiger partial charge in [-0.25, -0.2) is 0 Å². The molecule has 3 saturated heterocycles. The van der Waals surface area contributed by atoms with Crippen LogP contribution in [-0.2, 0) is 10.2 Å². The van der Waals surface area contributed by atoms with E-state index in [1.807, 2.05) is 31.5 Å². The number of likely N-dealkylation sites (tertiary alicyclic amines) is 1. The second kappa shape index (κ2) is 17.6. The molecule has 278 valence electrons. The van der Waals surface area contributed by atoms with E-state index >= 15 is 0 Å². The molecule has 4 aliphatic rings. The van der Waals surface area contributed by atoms with E-state index in [4.69, 9.17) is 16.5 Å². The lowest BCUT2D eigenvalue weighted by Crippen LogP contribution is -2.55. The Kier molecular flexibility index (Phi) is 13.7. The van der Waals surface area contributed by atoms with Crippen LogP contribution >= 0.6 is 0 Å². The fourth-order valence-electron chi connectivity index (χ4n) is 7.60. The van der Waals surface area contributed by atoms with E-state index in [1.54, 1.807) is 0 Å². The Morgan fingerprint density at radius 1 is 1.02 bits per heavy atom. The van der Waals surface area contributed by atoms with Crippen LogP contribution in [0.25, 0.3) is 5.57 Å². The minimum Gasteiger partial charge on any atom is -0.398 e. The van der Waals surface area contributed by atoms with Crippen LogP contribution in [0.1, 0.15) is 117 Å². The Bertz CT molecular complexity index is 1580. The van der Waals surface area contributed by atoms with Crippen LogP contribution in [0, 0.1) is 23.7 Å². The van der Waals surface area contributed by atoms with Gasteiger partial charge in [-0.15, -0.1) is 0 Å². The van der Waals surface area contributed by atoms with Crippen LogP contribution in [0.15, 0.2) is 77.6 Å². The van der Waals surface area contributed by atoms with Gasteiger partial charge in [0.15, 0.2) is 5.96 Å². The maximum Gasteiger partial charge on any atom is 0.232 e. The number of nitrogen functional groups attached to an aromatic ring is 1. The van der Waals surface area contributed by atoms with Gasteiger partial charge in [-0.05, 0) is 119 Å². The van der Waals surface area contributed by atoms with Crippen molar-refractivity contribution in [3.63, 3.8) is 0 Å². The first-order valence-corrected chi connectivity index (χ1v) is 19.3. The van der Waals surface area contributed by atoms with E-state index in [9.17, 15) is 4.79 Å². The molecule has 0 spiro atoms. The van der Waals surface area contributed by atoms with Crippen molar-refractivity contribution in [3.05, 3.63) is 89.3 Å². The maximum absolute atomic E-state index is 14.1. The number of aromatic nitrogens is 1. The second-order valence-corrected chi connectivity index (χ2v) is 16.6. The summed E-state index contributed by atoms with van der Waals surface area (Å²) in [5.74, 6) is 3.06. The average Bonchev–Trinajstić information content (AvgIpc) is 3.61. The van der Waals surface area contributed by atoms with Crippen molar-refractivity contribution < 1.29 is 4.79 Å². The highest BCUT2D eigenvalue weighted by molar-refractivity contribution is 5.89. The molecule has 3 aliphatic heterocycles. The number of allylic oxidation sites excluding steroid dienone is 4. The fraction of sp³-hybridized carbons (Fsp3) is 0.568. The van der Waals surface area contributed by atoms with Crippen LogP contribution in [0.4, 0.5) is 5.69 Å². The van der Waals surface area contributed by atoms with Gasteiger partial charge in [-0.2, -0.15) is 0 Å². The minimum absolute atomic E-state index is 0.0619. The zero-order valence-electron chi connectivity index (χ0n) is 33.1. The predicted octanol–water partition coefficient (Wildman–Crippen LogP) is 8.99. The molecule has 7 heteroatoms. The molecule has 1 aromatic heterocycles. The lowest BCUT2D eigenvalue weighted by molar-refractivity contribution is -0.144. The molecule has 1 saturated carbocycles. The number of rotatable bonds is 10. The van der Waals surface area contributed by atoms with E-state index in [2.05, 4.69) is 107 Å². The summed E-state index contributed by atoms with van der Waals surface area (Å²) in [7, 11) is 0. The number of pyridine rings is 1. The molecule has 2 aromatic rings. The molecule has 4 heterocycles. The normalized spacial score (nSPS) is 21.9. The lowest BCUT2D eigenvalue weighted by atomic mass is 9.76. The third-order valence-electron chi connectivity index (χ3n) is 11.3. The number of benzene rings is 1. The standard InChI is InChI=1S/C38H54N6O.C6H12/c1-25(2)19-26(3)20-33(27(4)22-42-37(40)43-18-15-30(24-43)29-13-16-41-17-14-29)34-21-31(9-12-35(34)39)38(5,6)36(45)44-23-28-7-10-32(44)11-8-28;1-5(2)6(3)4/h9,12-14,16-17,19-21,25,27-28,30,32H,7-8,10-11,15,18,22-24,39H2,1-6H3,(H2,40,42);6H,1H2,2-4H3/b26-19+,33-20+;. The number of piperidine rings is 2. The number of fused-ring (bicyclic) bond motifs is 3. The molecule has 1 amide bonds. The number of hydrogen-bond donors (Lipinski definition) is 2. The van der Waals surface area contributed by atoms with Crippen LogP contribution in [0.2, 0.25) is 0 Å². The van der Waals surface area contributed by atoms with Gasteiger partial charge in [0, 0.05) is 67.7 Å². The number of amides is 1. The molecular formula is C44H66N6O. The highest BCUT2D eigenvalue weighted by Gasteiger charge is 2.42. The van der Waals surface area contributed by atoms with Crippen molar-refractivity contribution >= 4 is 23.1 Å². The SMILES string of the molecule is C=C(C)C(C)C.CC(=C\C(C)C)/C=C(/c1cc(C(C)(C)C(=O)N2CC3CCC2CC3)ccc1N)C(C)CN=C(N)N1CCC(c2ccncc2)C1. The van der Waals surface area contributed by atoms with Crippen LogP contribution < -0.4 is 11.5 Å². The van der Waals surface area contributed by atoms with Gasteiger partial charge in [0.1, 0.15) is 0 Å². The largest absolute Gasteiger partial charge is 0.398 e. The molecule has 6 rings (SSSR count).